The van der Waals surface area contributed by atoms with Crippen LogP contribution in [-0.2, 0) is 11.3 Å². The van der Waals surface area contributed by atoms with Crippen molar-refractivity contribution < 1.29 is 4.39 Å². The summed E-state index contributed by atoms with van der Waals surface area (Å²) in [6.07, 6.45) is 5.24. The minimum absolute atomic E-state index is 0.101. The Kier molecular flexibility index (Phi) is 8.90. The molecular weight excluding hydrogens is 663 g/mol. The number of rotatable bonds is 10. The number of hydrogen-bond donors (Lipinski definition) is 2. The minimum atomic E-state index is -1.50. The van der Waals surface area contributed by atoms with Crippen LogP contribution in [0.25, 0.3) is 10.9 Å². The summed E-state index contributed by atoms with van der Waals surface area (Å²) in [5, 5.41) is 35.9. The van der Waals surface area contributed by atoms with E-state index in [1.54, 1.807) is 23.0 Å². The Labute approximate surface area is 259 Å². The Morgan fingerprint density at radius 2 is 1.88 bits per heavy atom. The van der Waals surface area contributed by atoms with Crippen LogP contribution in [0.5, 0.6) is 0 Å². The van der Waals surface area contributed by atoms with E-state index in [0.717, 1.165) is 12.0 Å². The van der Waals surface area contributed by atoms with E-state index in [2.05, 4.69) is 71.2 Å². The number of halogens is 2. The topological polar surface area (TPSA) is 128 Å². The van der Waals surface area contributed by atoms with E-state index >= 15 is 0 Å². The molecule has 0 saturated heterocycles. The monoisotopic (exact) mass is 685 g/mol. The molecule has 1 unspecified atom stereocenters. The zero-order chi connectivity index (χ0) is 29.7. The molecule has 0 bridgehead atoms. The molecule has 206 valence electrons. The normalized spacial score (nSPS) is 13.1. The van der Waals surface area contributed by atoms with Gasteiger partial charge in [0.15, 0.2) is 0 Å². The molecule has 9 nitrogen and oxygen atoms in total. The molecule has 5 aromatic rings. The third-order valence-electron chi connectivity index (χ3n) is 6.79. The van der Waals surface area contributed by atoms with Gasteiger partial charge in [0.25, 0.3) is 0 Å². The van der Waals surface area contributed by atoms with Crippen molar-refractivity contribution in [3.8, 4) is 12.1 Å². The van der Waals surface area contributed by atoms with Crippen LogP contribution in [0.1, 0.15) is 47.3 Å². The number of pyridine rings is 2. The molecule has 0 amide bonds. The number of benzene rings is 2. The van der Waals surface area contributed by atoms with E-state index in [-0.39, 0.29) is 11.6 Å². The number of nitriles is 2. The standard InChI is InChI=1S/C29H22BFIN9S/c1-2-24(18-6-4-3-5-7-18)37-28-20(13-34)14-36-27-19(12-33)10-22(11-23(27)28)38-29(30,21-8-9-26(31)35-15-21)25-16-41(17-42-32)40-39-25/h3-11,14-16,24,38H,2,17H2,1H3,(H,36,37)/t24-,29?/m1/s1. The fourth-order valence-corrected chi connectivity index (χ4v) is 5.78. The third-order valence-corrected chi connectivity index (χ3v) is 7.99. The van der Waals surface area contributed by atoms with Crippen molar-refractivity contribution in [3.05, 3.63) is 107 Å². The summed E-state index contributed by atoms with van der Waals surface area (Å²) < 4.78 is 15.4. The number of nitrogens with one attached hydrogen (secondary N) is 2. The largest absolute Gasteiger partial charge is 0.378 e. The highest BCUT2D eigenvalue weighted by molar-refractivity contribution is 14.2. The number of nitrogens with zero attached hydrogens (tertiary/aromatic N) is 7. The van der Waals surface area contributed by atoms with Crippen LogP contribution in [0.4, 0.5) is 15.8 Å². The van der Waals surface area contributed by atoms with E-state index in [0.29, 0.717) is 45.0 Å². The lowest BCUT2D eigenvalue weighted by atomic mass is 9.70. The van der Waals surface area contributed by atoms with Gasteiger partial charge in [-0.25, -0.2) is 9.67 Å². The summed E-state index contributed by atoms with van der Waals surface area (Å²) in [7, 11) is 8.50. The van der Waals surface area contributed by atoms with E-state index < -0.39 is 11.4 Å². The number of fused-ring (bicyclic) bond motifs is 1. The summed E-state index contributed by atoms with van der Waals surface area (Å²) >= 11 is 2.16. The molecule has 5 rings (SSSR count). The quantitative estimate of drug-likeness (QED) is 0.101. The summed E-state index contributed by atoms with van der Waals surface area (Å²) in [4.78, 5) is 8.24. The average molecular weight is 685 g/mol. The first-order valence-electron chi connectivity index (χ1n) is 12.8. The van der Waals surface area contributed by atoms with Crippen LogP contribution in [-0.4, -0.2) is 32.8 Å². The van der Waals surface area contributed by atoms with Gasteiger partial charge in [-0.15, -0.1) is 5.10 Å². The van der Waals surface area contributed by atoms with Crippen molar-refractivity contribution in [2.45, 2.75) is 30.7 Å². The van der Waals surface area contributed by atoms with Gasteiger partial charge in [-0.05, 0) is 57.0 Å². The first kappa shape index (κ1) is 29.3. The van der Waals surface area contributed by atoms with Crippen LogP contribution in [0.15, 0.2) is 73.2 Å². The predicted molar refractivity (Wildman–Crippen MR) is 170 cm³/mol. The highest BCUT2D eigenvalue weighted by Crippen LogP contribution is 2.36. The third kappa shape index (κ3) is 5.89. The van der Waals surface area contributed by atoms with Crippen molar-refractivity contribution in [1.29, 1.82) is 10.5 Å². The van der Waals surface area contributed by atoms with Crippen LogP contribution in [0.3, 0.4) is 0 Å². The summed E-state index contributed by atoms with van der Waals surface area (Å²) in [6, 6.07) is 20.4. The maximum absolute atomic E-state index is 13.8. The van der Waals surface area contributed by atoms with Crippen molar-refractivity contribution in [3.63, 3.8) is 0 Å². The molecule has 0 spiro atoms. The van der Waals surface area contributed by atoms with Gasteiger partial charge in [-0.3, -0.25) is 4.98 Å². The van der Waals surface area contributed by atoms with Crippen LogP contribution in [0.2, 0.25) is 0 Å². The van der Waals surface area contributed by atoms with Crippen molar-refractivity contribution in [2.24, 2.45) is 0 Å². The SMILES string of the molecule is [B]C(Nc1cc(C#N)c2ncc(C#N)c(N[C@H](CC)c3ccccc3)c2c1)(c1ccc(F)nc1)c1cn(CSI)nn1. The molecule has 0 aliphatic rings. The van der Waals surface area contributed by atoms with E-state index in [1.165, 1.54) is 33.5 Å². The molecule has 0 aliphatic heterocycles. The van der Waals surface area contributed by atoms with Crippen molar-refractivity contribution in [2.75, 3.05) is 10.6 Å². The lowest BCUT2D eigenvalue weighted by molar-refractivity contribution is 0.580. The Hall–Kier alpha value is -4.21. The average Bonchev–Trinajstić information content (AvgIpc) is 3.49. The summed E-state index contributed by atoms with van der Waals surface area (Å²) in [5.41, 5.74) is 2.39. The molecule has 0 fully saturated rings. The highest BCUT2D eigenvalue weighted by Gasteiger charge is 2.32. The van der Waals surface area contributed by atoms with Gasteiger partial charge in [0, 0.05) is 23.5 Å². The van der Waals surface area contributed by atoms with Gasteiger partial charge in [0.2, 0.25) is 5.95 Å². The zero-order valence-electron chi connectivity index (χ0n) is 22.3. The minimum Gasteiger partial charge on any atom is -0.378 e. The molecule has 2 atom stereocenters. The molecule has 2 N–H and O–H groups in total. The van der Waals surface area contributed by atoms with Crippen LogP contribution >= 0.6 is 30.1 Å². The summed E-state index contributed by atoms with van der Waals surface area (Å²) in [6.45, 7) is 2.05. The molecular formula is C29H22BFIN9S. The van der Waals surface area contributed by atoms with Crippen LogP contribution < -0.4 is 10.6 Å². The number of hydrogen-bond acceptors (Lipinski definition) is 9. The fraction of sp³-hybridized carbons (Fsp3) is 0.172. The summed E-state index contributed by atoms with van der Waals surface area (Å²) in [5.74, 6) is -0.115. The van der Waals surface area contributed by atoms with Gasteiger partial charge in [-0.1, -0.05) is 57.5 Å². The van der Waals surface area contributed by atoms with Crippen LogP contribution in [0, 0.1) is 28.6 Å². The van der Waals surface area contributed by atoms with Gasteiger partial charge in [0.1, 0.15) is 25.7 Å². The van der Waals surface area contributed by atoms with E-state index in [4.69, 9.17) is 7.85 Å². The maximum Gasteiger partial charge on any atom is 0.212 e. The molecule has 3 aromatic heterocycles. The van der Waals surface area contributed by atoms with E-state index in [1.807, 2.05) is 30.3 Å². The lowest BCUT2D eigenvalue weighted by Gasteiger charge is -2.31. The fourth-order valence-electron chi connectivity index (χ4n) is 4.69. The lowest BCUT2D eigenvalue weighted by Crippen LogP contribution is -2.38. The molecule has 13 heteroatoms. The molecule has 3 heterocycles. The Morgan fingerprint density at radius 3 is 2.55 bits per heavy atom. The first-order valence-corrected chi connectivity index (χ1v) is 16.3. The Morgan fingerprint density at radius 1 is 1.10 bits per heavy atom. The first-order chi connectivity index (χ1) is 20.4. The molecule has 0 saturated carbocycles. The number of anilines is 2. The van der Waals surface area contributed by atoms with Gasteiger partial charge >= 0.3 is 0 Å². The number of aromatic nitrogens is 5. The maximum atomic E-state index is 13.8. The van der Waals surface area contributed by atoms with Gasteiger partial charge < -0.3 is 10.6 Å². The molecule has 2 aromatic carbocycles. The Bertz CT molecular complexity index is 1800. The zero-order valence-corrected chi connectivity index (χ0v) is 25.3. The second-order valence-electron chi connectivity index (χ2n) is 9.39. The molecule has 0 aliphatic carbocycles. The van der Waals surface area contributed by atoms with Crippen molar-refractivity contribution in [1.82, 2.24) is 25.0 Å². The Balaban J connectivity index is 1.66. The predicted octanol–water partition coefficient (Wildman–Crippen LogP) is 6.19. The second kappa shape index (κ2) is 12.8. The molecule has 42 heavy (non-hydrogen) atoms. The molecule has 2 radical (unpaired) electrons. The smallest absolute Gasteiger partial charge is 0.212 e. The van der Waals surface area contributed by atoms with Gasteiger partial charge in [-0.2, -0.15) is 14.9 Å². The van der Waals surface area contributed by atoms with Gasteiger partial charge in [0.05, 0.1) is 45.9 Å². The van der Waals surface area contributed by atoms with E-state index in [9.17, 15) is 14.9 Å². The highest BCUT2D eigenvalue weighted by atomic mass is 127. The van der Waals surface area contributed by atoms with Crippen molar-refractivity contribution >= 4 is 60.3 Å². The second-order valence-corrected chi connectivity index (χ2v) is 11.7.